The van der Waals surface area contributed by atoms with E-state index in [9.17, 15) is 54.2 Å². The van der Waals surface area contributed by atoms with Gasteiger partial charge in [-0.15, -0.1) is 0 Å². The van der Waals surface area contributed by atoms with Crippen molar-refractivity contribution >= 4 is 17.9 Å². The number of hydrogen-bond acceptors (Lipinski definition) is 3. The van der Waals surface area contributed by atoms with E-state index in [1.165, 1.54) is 0 Å². The van der Waals surface area contributed by atoms with Crippen LogP contribution in [0.2, 0.25) is 0 Å². The number of carbonyl (C=O) groups is 2. The molecule has 0 aliphatic carbocycles. The Labute approximate surface area is 221 Å². The van der Waals surface area contributed by atoms with Gasteiger partial charge < -0.3 is 15.2 Å². The molecular formula is C25H23F9N2O4. The zero-order valence-corrected chi connectivity index (χ0v) is 20.8. The lowest BCUT2D eigenvalue weighted by atomic mass is 9.85. The van der Waals surface area contributed by atoms with Crippen molar-refractivity contribution in [3.8, 4) is 0 Å². The molecule has 0 spiro atoms. The molecular weight excluding hydrogens is 563 g/mol. The van der Waals surface area contributed by atoms with Crippen LogP contribution in [0.25, 0.3) is 0 Å². The third kappa shape index (κ3) is 7.10. The van der Waals surface area contributed by atoms with E-state index in [2.05, 4.69) is 5.32 Å². The molecule has 2 aromatic rings. The lowest BCUT2D eigenvalue weighted by Gasteiger charge is -2.41. The Morgan fingerprint density at radius 1 is 0.925 bits per heavy atom. The van der Waals surface area contributed by atoms with Gasteiger partial charge in [-0.3, -0.25) is 4.90 Å². The van der Waals surface area contributed by atoms with Crippen molar-refractivity contribution in [1.29, 1.82) is 0 Å². The minimum absolute atomic E-state index is 0.0433. The molecule has 1 heterocycles. The minimum Gasteiger partial charge on any atom is -0.465 e. The van der Waals surface area contributed by atoms with E-state index in [4.69, 9.17) is 4.74 Å². The van der Waals surface area contributed by atoms with Gasteiger partial charge in [0.2, 0.25) is 0 Å². The highest BCUT2D eigenvalue weighted by Gasteiger charge is 2.41. The van der Waals surface area contributed by atoms with E-state index in [1.807, 2.05) is 0 Å². The van der Waals surface area contributed by atoms with Gasteiger partial charge in [-0.2, -0.15) is 39.5 Å². The average molecular weight is 586 g/mol. The van der Waals surface area contributed by atoms with Gasteiger partial charge in [-0.1, -0.05) is 13.8 Å². The summed E-state index contributed by atoms with van der Waals surface area (Å²) < 4.78 is 123. The molecule has 220 valence electrons. The summed E-state index contributed by atoms with van der Waals surface area (Å²) in [7, 11) is 0. The molecule has 2 atom stereocenters. The van der Waals surface area contributed by atoms with Crippen molar-refractivity contribution < 1.29 is 58.9 Å². The monoisotopic (exact) mass is 586 g/mol. The first kappa shape index (κ1) is 30.9. The maximum Gasteiger partial charge on any atom is 0.416 e. The summed E-state index contributed by atoms with van der Waals surface area (Å²) in [5.74, 6) is -0.324. The number of carbonyl (C=O) groups excluding carboxylic acids is 1. The standard InChI is InChI=1S/C25H23F9N2O4/c1-12(2)20-11-18(17-10-14(23(26,27)28)3-4-19(17)36(20)22(38)39)35-21(37)40-6-5-13-7-15(24(29,30)31)9-16(8-13)25(32,33)34/h3-4,7-10,12,18,20H,5-6,11H2,1-2H3,(H,35,37)(H,38,39). The summed E-state index contributed by atoms with van der Waals surface area (Å²) in [6.07, 6.45) is -18.2. The maximum atomic E-state index is 13.4. The van der Waals surface area contributed by atoms with Gasteiger partial charge in [0, 0.05) is 12.5 Å². The molecule has 2 N–H and O–H groups in total. The summed E-state index contributed by atoms with van der Waals surface area (Å²) in [6, 6.07) is 1.42. The van der Waals surface area contributed by atoms with Crippen molar-refractivity contribution in [2.24, 2.45) is 5.92 Å². The van der Waals surface area contributed by atoms with Gasteiger partial charge in [0.1, 0.15) is 0 Å². The highest BCUT2D eigenvalue weighted by atomic mass is 19.4. The number of benzene rings is 2. The van der Waals surface area contributed by atoms with Crippen molar-refractivity contribution in [2.75, 3.05) is 11.5 Å². The molecule has 2 amide bonds. The fourth-order valence-electron chi connectivity index (χ4n) is 4.44. The molecule has 3 rings (SSSR count). The van der Waals surface area contributed by atoms with E-state index >= 15 is 0 Å². The second kappa shape index (κ2) is 11.1. The number of alkyl halides is 9. The van der Waals surface area contributed by atoms with E-state index < -0.39 is 78.1 Å². The molecule has 0 radical (unpaired) electrons. The van der Waals surface area contributed by atoms with Crippen molar-refractivity contribution in [2.45, 2.75) is 57.3 Å². The molecule has 0 saturated heterocycles. The summed E-state index contributed by atoms with van der Waals surface area (Å²) in [4.78, 5) is 25.3. The molecule has 6 nitrogen and oxygen atoms in total. The van der Waals surface area contributed by atoms with E-state index in [1.54, 1.807) is 13.8 Å². The predicted molar refractivity (Wildman–Crippen MR) is 123 cm³/mol. The normalized spacial score (nSPS) is 17.9. The van der Waals surface area contributed by atoms with Crippen molar-refractivity contribution in [3.05, 3.63) is 64.2 Å². The van der Waals surface area contributed by atoms with Crippen LogP contribution in [0.3, 0.4) is 0 Å². The van der Waals surface area contributed by atoms with Gasteiger partial charge in [0.25, 0.3) is 0 Å². The van der Waals surface area contributed by atoms with E-state index in [-0.39, 0.29) is 29.7 Å². The fourth-order valence-corrected chi connectivity index (χ4v) is 4.44. The Kier molecular flexibility index (Phi) is 8.56. The molecule has 1 aliphatic rings. The second-order valence-corrected chi connectivity index (χ2v) is 9.47. The highest BCUT2D eigenvalue weighted by molar-refractivity contribution is 5.89. The third-order valence-electron chi connectivity index (χ3n) is 6.34. The molecule has 2 unspecified atom stereocenters. The SMILES string of the molecule is CC(C)C1CC(NC(=O)OCCc2cc(C(F)(F)F)cc(C(F)(F)F)c2)c2cc(C(F)(F)F)ccc2N1C(=O)O. The third-order valence-corrected chi connectivity index (χ3v) is 6.34. The Hall–Kier alpha value is -3.65. The number of anilines is 1. The Bertz CT molecular complexity index is 1220. The molecule has 0 fully saturated rings. The van der Waals surface area contributed by atoms with Crippen LogP contribution in [0.1, 0.15) is 54.1 Å². The number of hydrogen-bond donors (Lipinski definition) is 2. The first-order valence-corrected chi connectivity index (χ1v) is 11.7. The zero-order chi connectivity index (χ0) is 30.2. The number of amides is 2. The maximum absolute atomic E-state index is 13.4. The van der Waals surface area contributed by atoms with Gasteiger partial charge in [0.05, 0.1) is 35.0 Å². The Morgan fingerprint density at radius 3 is 1.95 bits per heavy atom. The summed E-state index contributed by atoms with van der Waals surface area (Å²) in [5, 5.41) is 12.1. The van der Waals surface area contributed by atoms with Gasteiger partial charge >= 0.3 is 30.7 Å². The van der Waals surface area contributed by atoms with E-state index in [0.29, 0.717) is 24.3 Å². The first-order chi connectivity index (χ1) is 18.3. The van der Waals surface area contributed by atoms with Crippen LogP contribution in [-0.4, -0.2) is 29.9 Å². The van der Waals surface area contributed by atoms with Crippen molar-refractivity contribution in [1.82, 2.24) is 5.32 Å². The van der Waals surface area contributed by atoms with Gasteiger partial charge in [-0.05, 0) is 59.9 Å². The van der Waals surface area contributed by atoms with Crippen LogP contribution in [-0.2, 0) is 29.7 Å². The molecule has 40 heavy (non-hydrogen) atoms. The molecule has 0 saturated carbocycles. The second-order valence-electron chi connectivity index (χ2n) is 9.47. The zero-order valence-electron chi connectivity index (χ0n) is 20.8. The average Bonchev–Trinajstić information content (AvgIpc) is 2.81. The molecule has 0 bridgehead atoms. The minimum atomic E-state index is -5.06. The molecule has 2 aromatic carbocycles. The number of halogens is 9. The van der Waals surface area contributed by atoms with Crippen LogP contribution in [0.15, 0.2) is 36.4 Å². The number of fused-ring (bicyclic) bond motifs is 1. The highest BCUT2D eigenvalue weighted by Crippen LogP contribution is 2.43. The number of alkyl carbamates (subject to hydrolysis) is 1. The molecule has 0 aromatic heterocycles. The Balaban J connectivity index is 1.81. The number of nitrogens with zero attached hydrogens (tertiary/aromatic N) is 1. The summed E-state index contributed by atoms with van der Waals surface area (Å²) in [6.45, 7) is 2.70. The Morgan fingerprint density at radius 2 is 1.48 bits per heavy atom. The molecule has 1 aliphatic heterocycles. The number of rotatable bonds is 5. The lowest BCUT2D eigenvalue weighted by Crippen LogP contribution is -2.49. The van der Waals surface area contributed by atoms with Gasteiger partial charge in [0.15, 0.2) is 0 Å². The van der Waals surface area contributed by atoms with Crippen LogP contribution in [0, 0.1) is 5.92 Å². The fraction of sp³-hybridized carbons (Fsp3) is 0.440. The lowest BCUT2D eigenvalue weighted by molar-refractivity contribution is -0.143. The molecule has 15 heteroatoms. The van der Waals surface area contributed by atoms with E-state index in [0.717, 1.165) is 11.0 Å². The topological polar surface area (TPSA) is 78.9 Å². The summed E-state index contributed by atoms with van der Waals surface area (Å²) >= 11 is 0. The van der Waals surface area contributed by atoms with Crippen LogP contribution in [0.5, 0.6) is 0 Å². The number of carboxylic acid groups (broad SMARTS) is 1. The largest absolute Gasteiger partial charge is 0.465 e. The van der Waals surface area contributed by atoms with Crippen LogP contribution < -0.4 is 10.2 Å². The van der Waals surface area contributed by atoms with Gasteiger partial charge in [-0.25, -0.2) is 9.59 Å². The quantitative estimate of drug-likeness (QED) is 0.353. The number of nitrogens with one attached hydrogen (secondary N) is 1. The van der Waals surface area contributed by atoms with Crippen LogP contribution >= 0.6 is 0 Å². The first-order valence-electron chi connectivity index (χ1n) is 11.7. The predicted octanol–water partition coefficient (Wildman–Crippen LogP) is 7.67. The van der Waals surface area contributed by atoms with Crippen molar-refractivity contribution in [3.63, 3.8) is 0 Å². The number of ether oxygens (including phenoxy) is 1. The van der Waals surface area contributed by atoms with Crippen LogP contribution in [0.4, 0.5) is 54.8 Å². The summed E-state index contributed by atoms with van der Waals surface area (Å²) in [5.41, 5.74) is -4.82. The smallest absolute Gasteiger partial charge is 0.416 e.